The predicted molar refractivity (Wildman–Crippen MR) is 74.9 cm³/mol. The van der Waals surface area contributed by atoms with Gasteiger partial charge in [0.05, 0.1) is 15.7 Å². The van der Waals surface area contributed by atoms with Crippen molar-refractivity contribution < 1.29 is 4.39 Å². The molecule has 0 aromatic heterocycles. The van der Waals surface area contributed by atoms with Crippen LogP contribution in [0.5, 0.6) is 0 Å². The van der Waals surface area contributed by atoms with Crippen LogP contribution in [-0.4, -0.2) is 0 Å². The summed E-state index contributed by atoms with van der Waals surface area (Å²) in [5.74, 6) is -0.244. The summed E-state index contributed by atoms with van der Waals surface area (Å²) in [7, 11) is 0. The minimum absolute atomic E-state index is 0.0153. The molecule has 2 rings (SSSR count). The summed E-state index contributed by atoms with van der Waals surface area (Å²) in [5, 5.41) is 4.25. The molecule has 0 heterocycles. The van der Waals surface area contributed by atoms with Crippen LogP contribution in [0.25, 0.3) is 0 Å². The fourth-order valence-corrected chi connectivity index (χ4v) is 2.04. The van der Waals surface area contributed by atoms with Crippen molar-refractivity contribution in [2.45, 2.75) is 13.0 Å². The molecule has 2 aromatic carbocycles. The SMILES string of the molecule is CC(Nc1cccc(Cl)c1Cl)c1ccc(F)cc1. The maximum atomic E-state index is 12.8. The van der Waals surface area contributed by atoms with E-state index in [2.05, 4.69) is 5.32 Å². The first-order chi connectivity index (χ1) is 8.58. The van der Waals surface area contributed by atoms with Crippen molar-refractivity contribution in [2.75, 3.05) is 5.32 Å². The third-order valence-electron chi connectivity index (χ3n) is 2.69. The van der Waals surface area contributed by atoms with E-state index >= 15 is 0 Å². The molecule has 94 valence electrons. The Morgan fingerprint density at radius 2 is 1.72 bits per heavy atom. The highest BCUT2D eigenvalue weighted by atomic mass is 35.5. The fraction of sp³-hybridized carbons (Fsp3) is 0.143. The molecule has 18 heavy (non-hydrogen) atoms. The van der Waals surface area contributed by atoms with Crippen molar-refractivity contribution in [3.05, 3.63) is 63.9 Å². The Bertz CT molecular complexity index is 540. The molecule has 1 N–H and O–H groups in total. The highest BCUT2D eigenvalue weighted by Gasteiger charge is 2.09. The molecule has 0 fully saturated rings. The van der Waals surface area contributed by atoms with Crippen molar-refractivity contribution in [3.8, 4) is 0 Å². The Kier molecular flexibility index (Phi) is 4.10. The van der Waals surface area contributed by atoms with Crippen LogP contribution in [0.4, 0.5) is 10.1 Å². The molecule has 4 heteroatoms. The number of nitrogens with one attached hydrogen (secondary N) is 1. The summed E-state index contributed by atoms with van der Waals surface area (Å²) in [4.78, 5) is 0. The highest BCUT2D eigenvalue weighted by Crippen LogP contribution is 2.31. The van der Waals surface area contributed by atoms with Gasteiger partial charge in [0, 0.05) is 6.04 Å². The average molecular weight is 284 g/mol. The first kappa shape index (κ1) is 13.2. The molecule has 1 atom stereocenters. The lowest BCUT2D eigenvalue weighted by atomic mass is 10.1. The lowest BCUT2D eigenvalue weighted by Crippen LogP contribution is -2.07. The second-order valence-corrected chi connectivity index (χ2v) is 4.80. The topological polar surface area (TPSA) is 12.0 Å². The standard InChI is InChI=1S/C14H12Cl2FN/c1-9(10-5-7-11(17)8-6-10)18-13-4-2-3-12(15)14(13)16/h2-9,18H,1H3. The Hall–Kier alpha value is -1.25. The molecule has 0 aliphatic rings. The smallest absolute Gasteiger partial charge is 0.123 e. The van der Waals surface area contributed by atoms with Crippen LogP contribution in [0.2, 0.25) is 10.0 Å². The Morgan fingerprint density at radius 3 is 2.39 bits per heavy atom. The summed E-state index contributed by atoms with van der Waals surface area (Å²) in [6.45, 7) is 1.98. The largest absolute Gasteiger partial charge is 0.377 e. The molecular weight excluding hydrogens is 272 g/mol. The molecule has 0 saturated heterocycles. The minimum atomic E-state index is -0.244. The summed E-state index contributed by atoms with van der Waals surface area (Å²) in [6.07, 6.45) is 0. The molecule has 0 bridgehead atoms. The van der Waals surface area contributed by atoms with Gasteiger partial charge in [-0.15, -0.1) is 0 Å². The lowest BCUT2D eigenvalue weighted by Gasteiger charge is -2.17. The van der Waals surface area contributed by atoms with E-state index in [0.29, 0.717) is 10.0 Å². The zero-order chi connectivity index (χ0) is 13.1. The molecule has 0 saturated carbocycles. The molecule has 0 aliphatic carbocycles. The molecule has 0 radical (unpaired) electrons. The number of anilines is 1. The fourth-order valence-electron chi connectivity index (χ4n) is 1.68. The zero-order valence-corrected chi connectivity index (χ0v) is 11.3. The molecule has 0 spiro atoms. The van der Waals surface area contributed by atoms with Gasteiger partial charge in [-0.2, -0.15) is 0 Å². The van der Waals surface area contributed by atoms with Crippen molar-refractivity contribution in [3.63, 3.8) is 0 Å². The maximum absolute atomic E-state index is 12.8. The molecule has 1 nitrogen and oxygen atoms in total. The van der Waals surface area contributed by atoms with Gasteiger partial charge in [0.1, 0.15) is 5.82 Å². The van der Waals surface area contributed by atoms with Gasteiger partial charge in [-0.25, -0.2) is 4.39 Å². The van der Waals surface area contributed by atoms with E-state index in [1.165, 1.54) is 12.1 Å². The Labute approximate surface area is 116 Å². The van der Waals surface area contributed by atoms with E-state index in [9.17, 15) is 4.39 Å². The van der Waals surface area contributed by atoms with E-state index in [-0.39, 0.29) is 11.9 Å². The van der Waals surface area contributed by atoms with Crippen LogP contribution < -0.4 is 5.32 Å². The van der Waals surface area contributed by atoms with Gasteiger partial charge < -0.3 is 5.32 Å². The van der Waals surface area contributed by atoms with Crippen LogP contribution in [0.3, 0.4) is 0 Å². The highest BCUT2D eigenvalue weighted by molar-refractivity contribution is 6.43. The first-order valence-corrected chi connectivity index (χ1v) is 6.29. The summed E-state index contributed by atoms with van der Waals surface area (Å²) < 4.78 is 12.8. The van der Waals surface area contributed by atoms with E-state index in [0.717, 1.165) is 11.3 Å². The third kappa shape index (κ3) is 2.95. The second kappa shape index (κ2) is 5.59. The van der Waals surface area contributed by atoms with Gasteiger partial charge in [-0.3, -0.25) is 0 Å². The second-order valence-electron chi connectivity index (χ2n) is 4.02. The van der Waals surface area contributed by atoms with E-state index in [1.807, 2.05) is 19.1 Å². The third-order valence-corrected chi connectivity index (χ3v) is 3.51. The van der Waals surface area contributed by atoms with Gasteiger partial charge in [0.25, 0.3) is 0 Å². The quantitative estimate of drug-likeness (QED) is 0.805. The van der Waals surface area contributed by atoms with Crippen LogP contribution in [0.15, 0.2) is 42.5 Å². The van der Waals surface area contributed by atoms with Crippen LogP contribution in [-0.2, 0) is 0 Å². The molecule has 0 aliphatic heterocycles. The summed E-state index contributed by atoms with van der Waals surface area (Å²) in [5.41, 5.74) is 1.74. The minimum Gasteiger partial charge on any atom is -0.377 e. The van der Waals surface area contributed by atoms with Crippen molar-refractivity contribution in [2.24, 2.45) is 0 Å². The number of hydrogen-bond acceptors (Lipinski definition) is 1. The van der Waals surface area contributed by atoms with Crippen LogP contribution >= 0.6 is 23.2 Å². The number of rotatable bonds is 3. The van der Waals surface area contributed by atoms with Gasteiger partial charge in [-0.1, -0.05) is 41.4 Å². The zero-order valence-electron chi connectivity index (χ0n) is 9.75. The molecule has 0 amide bonds. The number of benzene rings is 2. The van der Waals surface area contributed by atoms with E-state index < -0.39 is 0 Å². The summed E-state index contributed by atoms with van der Waals surface area (Å²) >= 11 is 12.0. The number of halogens is 3. The number of hydrogen-bond donors (Lipinski definition) is 1. The monoisotopic (exact) mass is 283 g/mol. The molecule has 2 aromatic rings. The predicted octanol–water partition coefficient (Wildman–Crippen LogP) is 5.31. The van der Waals surface area contributed by atoms with E-state index in [1.54, 1.807) is 18.2 Å². The van der Waals surface area contributed by atoms with Gasteiger partial charge in [0.2, 0.25) is 0 Å². The maximum Gasteiger partial charge on any atom is 0.123 e. The Morgan fingerprint density at radius 1 is 1.06 bits per heavy atom. The average Bonchev–Trinajstić information content (AvgIpc) is 2.36. The molecule has 1 unspecified atom stereocenters. The van der Waals surface area contributed by atoms with Crippen LogP contribution in [0, 0.1) is 5.82 Å². The van der Waals surface area contributed by atoms with Crippen molar-refractivity contribution in [1.29, 1.82) is 0 Å². The van der Waals surface area contributed by atoms with Crippen LogP contribution in [0.1, 0.15) is 18.5 Å². The lowest BCUT2D eigenvalue weighted by molar-refractivity contribution is 0.626. The van der Waals surface area contributed by atoms with Crippen molar-refractivity contribution in [1.82, 2.24) is 0 Å². The van der Waals surface area contributed by atoms with E-state index in [4.69, 9.17) is 23.2 Å². The van der Waals surface area contributed by atoms with Crippen molar-refractivity contribution >= 4 is 28.9 Å². The summed E-state index contributed by atoms with van der Waals surface area (Å²) in [6, 6.07) is 11.8. The van der Waals surface area contributed by atoms with Gasteiger partial charge in [0.15, 0.2) is 0 Å². The van der Waals surface area contributed by atoms with Gasteiger partial charge >= 0.3 is 0 Å². The van der Waals surface area contributed by atoms with Gasteiger partial charge in [-0.05, 0) is 36.8 Å². The first-order valence-electron chi connectivity index (χ1n) is 5.54. The normalized spacial score (nSPS) is 12.2. The molecular formula is C14H12Cl2FN. The Balaban J connectivity index is 2.18.